The summed E-state index contributed by atoms with van der Waals surface area (Å²) in [7, 11) is 1.67. The summed E-state index contributed by atoms with van der Waals surface area (Å²) in [5, 5.41) is 11.8. The Hall–Kier alpha value is -0.410. The average Bonchev–Trinajstić information content (AvgIpc) is 1.88. The summed E-state index contributed by atoms with van der Waals surface area (Å²) >= 11 is 0. The van der Waals surface area contributed by atoms with E-state index in [-0.39, 0.29) is 5.78 Å². The minimum atomic E-state index is -0.600. The molecule has 0 saturated carbocycles. The van der Waals surface area contributed by atoms with Gasteiger partial charge in [0.25, 0.3) is 0 Å². The van der Waals surface area contributed by atoms with Gasteiger partial charge in [-0.05, 0) is 14.0 Å². The van der Waals surface area contributed by atoms with Gasteiger partial charge in [0.1, 0.15) is 0 Å². The van der Waals surface area contributed by atoms with E-state index in [2.05, 4.69) is 5.32 Å². The fourth-order valence-corrected chi connectivity index (χ4v) is 0.891. The van der Waals surface area contributed by atoms with Gasteiger partial charge in [0.05, 0.1) is 12.1 Å². The molecule has 1 unspecified atom stereocenters. The topological polar surface area (TPSA) is 49.3 Å². The molecule has 0 fully saturated rings. The van der Waals surface area contributed by atoms with Gasteiger partial charge in [-0.2, -0.15) is 0 Å². The predicted octanol–water partition coefficient (Wildman–Crippen LogP) is -0.0657. The van der Waals surface area contributed by atoms with E-state index < -0.39 is 12.1 Å². The first kappa shape index (κ1) is 9.59. The van der Waals surface area contributed by atoms with E-state index in [1.54, 1.807) is 20.9 Å². The standard InChI is InChI=1S/C7H15NO2/c1-4-6(10)7(8-3)5(2)9/h5,7-9H,4H2,1-3H3/t5?,7-/m0/s1. The molecule has 3 heteroatoms. The molecule has 0 radical (unpaired) electrons. The first-order valence-electron chi connectivity index (χ1n) is 3.51. The minimum absolute atomic E-state index is 0.0532. The molecule has 0 aliphatic rings. The third-order valence-corrected chi connectivity index (χ3v) is 1.49. The number of likely N-dealkylation sites (N-methyl/N-ethyl adjacent to an activating group) is 1. The largest absolute Gasteiger partial charge is 0.391 e. The van der Waals surface area contributed by atoms with E-state index in [4.69, 9.17) is 5.11 Å². The van der Waals surface area contributed by atoms with Gasteiger partial charge in [-0.25, -0.2) is 0 Å². The molecule has 0 rings (SSSR count). The van der Waals surface area contributed by atoms with Gasteiger partial charge in [0, 0.05) is 6.42 Å². The fourth-order valence-electron chi connectivity index (χ4n) is 0.891. The molecule has 0 aliphatic heterocycles. The van der Waals surface area contributed by atoms with Crippen LogP contribution in [0.5, 0.6) is 0 Å². The molecule has 0 spiro atoms. The van der Waals surface area contributed by atoms with E-state index in [1.165, 1.54) is 0 Å². The maximum absolute atomic E-state index is 11.0. The van der Waals surface area contributed by atoms with Gasteiger partial charge >= 0.3 is 0 Å². The van der Waals surface area contributed by atoms with Crippen LogP contribution in [-0.4, -0.2) is 30.1 Å². The predicted molar refractivity (Wildman–Crippen MR) is 39.8 cm³/mol. The molecule has 0 aromatic carbocycles. The number of carbonyl (C=O) groups excluding carboxylic acids is 1. The molecule has 0 amide bonds. The summed E-state index contributed by atoms with van der Waals surface area (Å²) in [6.45, 7) is 3.39. The monoisotopic (exact) mass is 145 g/mol. The van der Waals surface area contributed by atoms with Gasteiger partial charge in [-0.1, -0.05) is 6.92 Å². The Kier molecular flexibility index (Phi) is 4.23. The average molecular weight is 145 g/mol. The van der Waals surface area contributed by atoms with E-state index in [0.29, 0.717) is 6.42 Å². The van der Waals surface area contributed by atoms with Gasteiger partial charge < -0.3 is 10.4 Å². The summed E-state index contributed by atoms with van der Waals surface area (Å²) in [5.41, 5.74) is 0. The fraction of sp³-hybridized carbons (Fsp3) is 0.857. The molecule has 10 heavy (non-hydrogen) atoms. The first-order valence-corrected chi connectivity index (χ1v) is 3.51. The van der Waals surface area contributed by atoms with Crippen LogP contribution in [0.3, 0.4) is 0 Å². The van der Waals surface area contributed by atoms with Crippen molar-refractivity contribution in [3.05, 3.63) is 0 Å². The molecule has 60 valence electrons. The maximum Gasteiger partial charge on any atom is 0.152 e. The van der Waals surface area contributed by atoms with E-state index in [1.807, 2.05) is 0 Å². The Balaban J connectivity index is 3.93. The third kappa shape index (κ3) is 2.45. The number of nitrogens with one attached hydrogen (secondary N) is 1. The molecule has 0 saturated heterocycles. The summed E-state index contributed by atoms with van der Waals surface area (Å²) < 4.78 is 0. The van der Waals surface area contributed by atoms with Gasteiger partial charge in [-0.3, -0.25) is 4.79 Å². The summed E-state index contributed by atoms with van der Waals surface area (Å²) in [6, 6.07) is -0.398. The van der Waals surface area contributed by atoms with Crippen molar-refractivity contribution >= 4 is 5.78 Å². The molecular formula is C7H15NO2. The first-order chi connectivity index (χ1) is 4.63. The number of rotatable bonds is 4. The summed E-state index contributed by atoms with van der Waals surface area (Å²) in [6.07, 6.45) is -0.131. The van der Waals surface area contributed by atoms with Crippen molar-refractivity contribution in [3.8, 4) is 0 Å². The smallest absolute Gasteiger partial charge is 0.152 e. The molecule has 0 aromatic heterocycles. The zero-order valence-electron chi connectivity index (χ0n) is 6.72. The van der Waals surface area contributed by atoms with Crippen molar-refractivity contribution < 1.29 is 9.90 Å². The lowest BCUT2D eigenvalue weighted by molar-refractivity contribution is -0.122. The molecule has 2 N–H and O–H groups in total. The van der Waals surface area contributed by atoms with Crippen molar-refractivity contribution in [2.45, 2.75) is 32.4 Å². The van der Waals surface area contributed by atoms with Crippen molar-refractivity contribution in [3.63, 3.8) is 0 Å². The Morgan fingerprint density at radius 3 is 2.30 bits per heavy atom. The van der Waals surface area contributed by atoms with Crippen LogP contribution in [0.1, 0.15) is 20.3 Å². The highest BCUT2D eigenvalue weighted by Gasteiger charge is 2.18. The number of Topliss-reactive ketones (excluding diaryl/α,β-unsaturated/α-hetero) is 1. The SMILES string of the molecule is CCC(=O)[C@@H](NC)C(C)O. The van der Waals surface area contributed by atoms with Crippen molar-refractivity contribution in [1.29, 1.82) is 0 Å². The molecule has 3 nitrogen and oxygen atoms in total. The van der Waals surface area contributed by atoms with Crippen LogP contribution in [0.15, 0.2) is 0 Å². The highest BCUT2D eigenvalue weighted by Crippen LogP contribution is 1.96. The molecule has 0 aromatic rings. The second-order valence-electron chi connectivity index (χ2n) is 2.33. The number of aliphatic hydroxyl groups is 1. The second-order valence-corrected chi connectivity index (χ2v) is 2.33. The van der Waals surface area contributed by atoms with Crippen LogP contribution in [-0.2, 0) is 4.79 Å². The zero-order chi connectivity index (χ0) is 8.15. The Labute approximate surface area is 61.4 Å². The van der Waals surface area contributed by atoms with Crippen molar-refractivity contribution in [2.75, 3.05) is 7.05 Å². The Morgan fingerprint density at radius 2 is 2.20 bits per heavy atom. The second kappa shape index (κ2) is 4.41. The van der Waals surface area contributed by atoms with E-state index >= 15 is 0 Å². The van der Waals surface area contributed by atoms with Crippen LogP contribution >= 0.6 is 0 Å². The Morgan fingerprint density at radius 1 is 1.70 bits per heavy atom. The highest BCUT2D eigenvalue weighted by atomic mass is 16.3. The highest BCUT2D eigenvalue weighted by molar-refractivity contribution is 5.84. The third-order valence-electron chi connectivity index (χ3n) is 1.49. The molecule has 0 bridgehead atoms. The summed E-state index contributed by atoms with van der Waals surface area (Å²) in [4.78, 5) is 11.0. The number of hydrogen-bond donors (Lipinski definition) is 2. The number of carbonyl (C=O) groups is 1. The van der Waals surface area contributed by atoms with E-state index in [0.717, 1.165) is 0 Å². The number of aliphatic hydroxyl groups excluding tert-OH is 1. The lowest BCUT2D eigenvalue weighted by Gasteiger charge is -2.16. The van der Waals surface area contributed by atoms with Crippen molar-refractivity contribution in [2.24, 2.45) is 0 Å². The lowest BCUT2D eigenvalue weighted by atomic mass is 10.1. The van der Waals surface area contributed by atoms with Crippen LogP contribution in [0.2, 0.25) is 0 Å². The van der Waals surface area contributed by atoms with Gasteiger partial charge in [-0.15, -0.1) is 0 Å². The molecule has 0 heterocycles. The van der Waals surface area contributed by atoms with Crippen LogP contribution < -0.4 is 5.32 Å². The minimum Gasteiger partial charge on any atom is -0.391 e. The number of ketones is 1. The Bertz CT molecular complexity index is 112. The molecule has 2 atom stereocenters. The van der Waals surface area contributed by atoms with E-state index in [9.17, 15) is 4.79 Å². The quantitative estimate of drug-likeness (QED) is 0.582. The van der Waals surface area contributed by atoms with Crippen LogP contribution in [0.4, 0.5) is 0 Å². The van der Waals surface area contributed by atoms with Gasteiger partial charge in [0.15, 0.2) is 5.78 Å². The summed E-state index contributed by atoms with van der Waals surface area (Å²) in [5.74, 6) is 0.0532. The van der Waals surface area contributed by atoms with Crippen molar-refractivity contribution in [1.82, 2.24) is 5.32 Å². The molecule has 0 aliphatic carbocycles. The van der Waals surface area contributed by atoms with Crippen LogP contribution in [0.25, 0.3) is 0 Å². The zero-order valence-corrected chi connectivity index (χ0v) is 6.72. The molecular weight excluding hydrogens is 130 g/mol. The lowest BCUT2D eigenvalue weighted by Crippen LogP contribution is -2.42. The normalized spacial score (nSPS) is 16.4. The maximum atomic E-state index is 11.0. The van der Waals surface area contributed by atoms with Gasteiger partial charge in [0.2, 0.25) is 0 Å². The number of hydrogen-bond acceptors (Lipinski definition) is 3. The van der Waals surface area contributed by atoms with Crippen LogP contribution in [0, 0.1) is 0 Å².